The van der Waals surface area contributed by atoms with E-state index in [0.29, 0.717) is 30.7 Å². The second kappa shape index (κ2) is 9.75. The van der Waals surface area contributed by atoms with Crippen LogP contribution in [0.2, 0.25) is 0 Å². The van der Waals surface area contributed by atoms with E-state index >= 15 is 0 Å². The Morgan fingerprint density at radius 1 is 1.15 bits per heavy atom. The van der Waals surface area contributed by atoms with E-state index in [4.69, 9.17) is 10.7 Å². The summed E-state index contributed by atoms with van der Waals surface area (Å²) in [6.07, 6.45) is 5.21. The molecule has 0 bridgehead atoms. The lowest BCUT2D eigenvalue weighted by Crippen LogP contribution is -2.28. The standard InChI is InChI=1S/C27H30N6O/c1-33(23-9-2-5-20-6-4-14-29-25(20)23)17-24-31-22-8-3-7-21(26(22)32-24)27(34)30-16-19-12-10-18(15-28)11-13-19/h3-4,6-8,10-14,23H,2,5,9,15-17,28H2,1H3,(H,30,34)(H,31,32). The third-order valence-electron chi connectivity index (χ3n) is 6.61. The van der Waals surface area contributed by atoms with Gasteiger partial charge in [0.25, 0.3) is 5.91 Å². The summed E-state index contributed by atoms with van der Waals surface area (Å²) in [4.78, 5) is 28.1. The molecule has 2 aromatic heterocycles. The molecule has 1 aliphatic rings. The average Bonchev–Trinajstić information content (AvgIpc) is 3.29. The number of nitrogens with one attached hydrogen (secondary N) is 2. The predicted octanol–water partition coefficient (Wildman–Crippen LogP) is 3.86. The first-order valence-electron chi connectivity index (χ1n) is 11.8. The third kappa shape index (κ3) is 4.58. The van der Waals surface area contributed by atoms with Crippen molar-refractivity contribution in [1.29, 1.82) is 0 Å². The summed E-state index contributed by atoms with van der Waals surface area (Å²) in [5, 5.41) is 3.01. The maximum atomic E-state index is 13.0. The zero-order valence-corrected chi connectivity index (χ0v) is 19.4. The maximum Gasteiger partial charge on any atom is 0.253 e. The number of nitrogens with zero attached hydrogens (tertiary/aromatic N) is 3. The fourth-order valence-corrected chi connectivity index (χ4v) is 4.77. The van der Waals surface area contributed by atoms with Crippen molar-refractivity contribution in [2.75, 3.05) is 7.05 Å². The molecule has 1 aliphatic carbocycles. The number of aryl methyl sites for hydroxylation is 1. The molecule has 174 valence electrons. The molecule has 0 fully saturated rings. The Kier molecular flexibility index (Phi) is 6.38. The van der Waals surface area contributed by atoms with Gasteiger partial charge in [-0.1, -0.05) is 36.4 Å². The van der Waals surface area contributed by atoms with Gasteiger partial charge in [0, 0.05) is 19.3 Å². The van der Waals surface area contributed by atoms with Gasteiger partial charge in [0.15, 0.2) is 0 Å². The first-order chi connectivity index (χ1) is 16.6. The smallest absolute Gasteiger partial charge is 0.253 e. The zero-order valence-electron chi connectivity index (χ0n) is 19.4. The Morgan fingerprint density at radius 3 is 2.79 bits per heavy atom. The number of rotatable bonds is 7. The molecular weight excluding hydrogens is 424 g/mol. The molecule has 1 atom stereocenters. The summed E-state index contributed by atoms with van der Waals surface area (Å²) in [5.74, 6) is 0.712. The Bertz CT molecular complexity index is 1300. The minimum Gasteiger partial charge on any atom is -0.348 e. The molecule has 0 radical (unpaired) electrons. The summed E-state index contributed by atoms with van der Waals surface area (Å²) >= 11 is 0. The van der Waals surface area contributed by atoms with E-state index < -0.39 is 0 Å². The normalized spacial score (nSPS) is 15.4. The van der Waals surface area contributed by atoms with E-state index in [2.05, 4.69) is 33.3 Å². The molecule has 0 aliphatic heterocycles. The lowest BCUT2D eigenvalue weighted by atomic mass is 9.91. The molecule has 7 heteroatoms. The molecule has 4 aromatic rings. The van der Waals surface area contributed by atoms with Gasteiger partial charge in [-0.2, -0.15) is 0 Å². The average molecular weight is 455 g/mol. The number of carbonyl (C=O) groups excluding carboxylic acids is 1. The number of pyridine rings is 1. The summed E-state index contributed by atoms with van der Waals surface area (Å²) in [5.41, 5.74) is 12.4. The van der Waals surface area contributed by atoms with E-state index in [9.17, 15) is 4.79 Å². The van der Waals surface area contributed by atoms with Crippen LogP contribution in [-0.2, 0) is 26.1 Å². The highest BCUT2D eigenvalue weighted by Crippen LogP contribution is 2.32. The van der Waals surface area contributed by atoms with Gasteiger partial charge in [-0.15, -0.1) is 0 Å². The van der Waals surface area contributed by atoms with Crippen molar-refractivity contribution in [3.8, 4) is 0 Å². The van der Waals surface area contributed by atoms with E-state index in [1.165, 1.54) is 11.3 Å². The van der Waals surface area contributed by atoms with Gasteiger partial charge >= 0.3 is 0 Å². The van der Waals surface area contributed by atoms with Gasteiger partial charge in [0.2, 0.25) is 0 Å². The van der Waals surface area contributed by atoms with Crippen molar-refractivity contribution in [2.45, 2.75) is 44.9 Å². The van der Waals surface area contributed by atoms with Gasteiger partial charge < -0.3 is 16.0 Å². The number of aromatic nitrogens is 3. The van der Waals surface area contributed by atoms with Crippen LogP contribution in [-0.4, -0.2) is 32.8 Å². The van der Waals surface area contributed by atoms with Crippen molar-refractivity contribution in [2.24, 2.45) is 5.73 Å². The van der Waals surface area contributed by atoms with Gasteiger partial charge in [0.1, 0.15) is 11.3 Å². The predicted molar refractivity (Wildman–Crippen MR) is 133 cm³/mol. The first-order valence-corrected chi connectivity index (χ1v) is 11.8. The first kappa shape index (κ1) is 22.3. The Balaban J connectivity index is 1.31. The molecule has 1 unspecified atom stereocenters. The van der Waals surface area contributed by atoms with Crippen molar-refractivity contribution in [1.82, 2.24) is 25.2 Å². The van der Waals surface area contributed by atoms with Gasteiger partial charge in [-0.3, -0.25) is 14.7 Å². The highest BCUT2D eigenvalue weighted by atomic mass is 16.1. The number of carbonyl (C=O) groups is 1. The number of aromatic amines is 1. The second-order valence-electron chi connectivity index (χ2n) is 8.96. The molecule has 0 spiro atoms. The van der Waals surface area contributed by atoms with Crippen LogP contribution < -0.4 is 11.1 Å². The van der Waals surface area contributed by atoms with Gasteiger partial charge in [0.05, 0.1) is 29.4 Å². The molecule has 0 saturated carbocycles. The number of H-pyrrole nitrogens is 1. The van der Waals surface area contributed by atoms with Crippen LogP contribution in [0, 0.1) is 0 Å². The van der Waals surface area contributed by atoms with Crippen LogP contribution in [0.15, 0.2) is 60.8 Å². The van der Waals surface area contributed by atoms with Gasteiger partial charge in [-0.05, 0) is 61.2 Å². The number of imidazole rings is 1. The van der Waals surface area contributed by atoms with Crippen molar-refractivity contribution in [3.05, 3.63) is 94.6 Å². The van der Waals surface area contributed by atoms with Crippen molar-refractivity contribution in [3.63, 3.8) is 0 Å². The van der Waals surface area contributed by atoms with E-state index in [1.807, 2.05) is 54.7 Å². The van der Waals surface area contributed by atoms with Crippen LogP contribution in [0.4, 0.5) is 0 Å². The number of fused-ring (bicyclic) bond motifs is 2. The number of hydrogen-bond donors (Lipinski definition) is 3. The van der Waals surface area contributed by atoms with Crippen LogP contribution in [0.25, 0.3) is 11.0 Å². The van der Waals surface area contributed by atoms with Crippen LogP contribution >= 0.6 is 0 Å². The fourth-order valence-electron chi connectivity index (χ4n) is 4.77. The number of hydrogen-bond acceptors (Lipinski definition) is 5. The Hall–Kier alpha value is -3.55. The molecule has 1 amide bonds. The van der Waals surface area contributed by atoms with Crippen molar-refractivity contribution >= 4 is 16.9 Å². The molecule has 34 heavy (non-hydrogen) atoms. The molecule has 7 nitrogen and oxygen atoms in total. The largest absolute Gasteiger partial charge is 0.348 e. The minimum atomic E-state index is -0.134. The Morgan fingerprint density at radius 2 is 1.97 bits per heavy atom. The fraction of sp³-hybridized carbons (Fsp3) is 0.296. The Labute approximate surface area is 199 Å². The minimum absolute atomic E-state index is 0.134. The summed E-state index contributed by atoms with van der Waals surface area (Å²) in [7, 11) is 2.12. The van der Waals surface area contributed by atoms with Crippen molar-refractivity contribution < 1.29 is 4.79 Å². The molecule has 4 N–H and O–H groups in total. The molecular formula is C27H30N6O. The summed E-state index contributed by atoms with van der Waals surface area (Å²) in [6.45, 7) is 1.62. The maximum absolute atomic E-state index is 13.0. The monoisotopic (exact) mass is 454 g/mol. The third-order valence-corrected chi connectivity index (χ3v) is 6.61. The quantitative estimate of drug-likeness (QED) is 0.394. The zero-order chi connectivity index (χ0) is 23.5. The molecule has 2 heterocycles. The van der Waals surface area contributed by atoms with E-state index in [1.54, 1.807) is 0 Å². The van der Waals surface area contributed by atoms with Crippen LogP contribution in [0.5, 0.6) is 0 Å². The lowest BCUT2D eigenvalue weighted by molar-refractivity contribution is 0.0952. The number of amides is 1. The summed E-state index contributed by atoms with van der Waals surface area (Å²) < 4.78 is 0. The highest BCUT2D eigenvalue weighted by Gasteiger charge is 2.25. The van der Waals surface area contributed by atoms with E-state index in [-0.39, 0.29) is 11.9 Å². The van der Waals surface area contributed by atoms with Crippen LogP contribution in [0.3, 0.4) is 0 Å². The number of nitrogens with two attached hydrogens (primary N) is 1. The van der Waals surface area contributed by atoms with E-state index in [0.717, 1.165) is 41.7 Å². The molecule has 5 rings (SSSR count). The summed E-state index contributed by atoms with van der Waals surface area (Å²) in [6, 6.07) is 18.1. The molecule has 0 saturated heterocycles. The molecule has 2 aromatic carbocycles. The SMILES string of the molecule is CN(Cc1nc2c(C(=O)NCc3ccc(CN)cc3)cccc2[nH]1)C1CCCc2cccnc21. The number of benzene rings is 2. The lowest BCUT2D eigenvalue weighted by Gasteiger charge is -2.31. The number of para-hydroxylation sites is 1. The van der Waals surface area contributed by atoms with Crippen LogP contribution in [0.1, 0.15) is 57.5 Å². The highest BCUT2D eigenvalue weighted by molar-refractivity contribution is 6.04. The van der Waals surface area contributed by atoms with Gasteiger partial charge in [-0.25, -0.2) is 4.98 Å². The second-order valence-corrected chi connectivity index (χ2v) is 8.96. The topological polar surface area (TPSA) is 99.9 Å².